The maximum Gasteiger partial charge on any atom is 0.409 e. The topological polar surface area (TPSA) is 75.6 Å². The average Bonchev–Trinajstić information content (AvgIpc) is 2.74. The van der Waals surface area contributed by atoms with Crippen molar-refractivity contribution in [2.75, 3.05) is 37.7 Å². The second-order valence-corrected chi connectivity index (χ2v) is 7.68. The lowest BCUT2D eigenvalue weighted by Gasteiger charge is -2.34. The Hall–Kier alpha value is -3.03. The zero-order valence-electron chi connectivity index (χ0n) is 17.2. The Labute approximate surface area is 174 Å². The fourth-order valence-corrected chi connectivity index (χ4v) is 4.17. The quantitative estimate of drug-likeness (QED) is 0.771. The van der Waals surface area contributed by atoms with Crippen LogP contribution >= 0.6 is 0 Å². The van der Waals surface area contributed by atoms with Crippen LogP contribution < -0.4 is 4.90 Å². The molecule has 1 saturated heterocycles. The molecule has 8 heteroatoms. The molecule has 1 fully saturated rings. The van der Waals surface area contributed by atoms with Crippen molar-refractivity contribution in [3.8, 4) is 0 Å². The zero-order chi connectivity index (χ0) is 21.3. The summed E-state index contributed by atoms with van der Waals surface area (Å²) in [6, 6.07) is 6.33. The molecule has 0 bridgehead atoms. The molecule has 4 rings (SSSR count). The van der Waals surface area contributed by atoms with Crippen LogP contribution in [0.2, 0.25) is 0 Å². The molecule has 2 aliphatic rings. The van der Waals surface area contributed by atoms with Crippen molar-refractivity contribution >= 4 is 17.8 Å². The van der Waals surface area contributed by atoms with E-state index in [9.17, 15) is 14.0 Å². The first kappa shape index (κ1) is 20.3. The normalized spacial score (nSPS) is 18.9. The Morgan fingerprint density at radius 1 is 1.13 bits per heavy atom. The van der Waals surface area contributed by atoms with Crippen molar-refractivity contribution < 1.29 is 18.7 Å². The third-order valence-corrected chi connectivity index (χ3v) is 5.73. The molecule has 7 nitrogen and oxygen atoms in total. The van der Waals surface area contributed by atoms with E-state index in [1.807, 2.05) is 11.8 Å². The molecule has 1 aromatic heterocycles. The number of carbonyl (C=O) groups excluding carboxylic acids is 2. The number of anilines is 1. The first-order valence-electron chi connectivity index (χ1n) is 10.3. The van der Waals surface area contributed by atoms with E-state index in [-0.39, 0.29) is 23.6 Å². The predicted octanol–water partition coefficient (Wildman–Crippen LogP) is 3.12. The smallest absolute Gasteiger partial charge is 0.409 e. The van der Waals surface area contributed by atoms with E-state index in [0.29, 0.717) is 62.8 Å². The third kappa shape index (κ3) is 3.99. The number of rotatable bonds is 3. The molecule has 2 heterocycles. The number of Topliss-reactive ketones (excluding diaryl/α,β-unsaturated/α-hetero) is 1. The standard InChI is InChI=1S/C22H25FN4O3/c1-3-30-22(29)27-10-8-26(9-11-27)21-24-14(2)20-18(25-21)12-16(13-19(20)28)15-4-6-17(23)7-5-15/h4-7,16H,3,8-13H2,1-2H3/t16-/m1/s1. The number of aromatic nitrogens is 2. The maximum absolute atomic E-state index is 13.3. The fourth-order valence-electron chi connectivity index (χ4n) is 4.17. The summed E-state index contributed by atoms with van der Waals surface area (Å²) in [5.74, 6) is 0.307. The van der Waals surface area contributed by atoms with Crippen LogP contribution in [0.4, 0.5) is 15.1 Å². The molecule has 1 aliphatic carbocycles. The van der Waals surface area contributed by atoms with Crippen molar-refractivity contribution in [1.82, 2.24) is 14.9 Å². The summed E-state index contributed by atoms with van der Waals surface area (Å²) in [7, 11) is 0. The minimum atomic E-state index is -0.299. The van der Waals surface area contributed by atoms with Crippen molar-refractivity contribution in [3.63, 3.8) is 0 Å². The number of piperazine rings is 1. The van der Waals surface area contributed by atoms with Crippen molar-refractivity contribution in [3.05, 3.63) is 52.6 Å². The van der Waals surface area contributed by atoms with Gasteiger partial charge in [0.05, 0.1) is 23.6 Å². The van der Waals surface area contributed by atoms with Crippen molar-refractivity contribution in [2.45, 2.75) is 32.6 Å². The van der Waals surface area contributed by atoms with Crippen LogP contribution in [0.3, 0.4) is 0 Å². The first-order chi connectivity index (χ1) is 14.5. The number of nitrogens with zero attached hydrogens (tertiary/aromatic N) is 4. The molecule has 2 aromatic rings. The lowest BCUT2D eigenvalue weighted by atomic mass is 9.81. The molecular weight excluding hydrogens is 387 g/mol. The first-order valence-corrected chi connectivity index (χ1v) is 10.3. The molecule has 1 amide bonds. The Kier molecular flexibility index (Phi) is 5.65. The SMILES string of the molecule is CCOC(=O)N1CCN(c2nc(C)c3c(n2)C[C@@H](c2ccc(F)cc2)CC3=O)CC1. The zero-order valence-corrected chi connectivity index (χ0v) is 17.2. The fraction of sp³-hybridized carbons (Fsp3) is 0.455. The van der Waals surface area contributed by atoms with Gasteiger partial charge >= 0.3 is 6.09 Å². The van der Waals surface area contributed by atoms with Gasteiger partial charge in [-0.25, -0.2) is 19.2 Å². The van der Waals surface area contributed by atoms with E-state index in [1.54, 1.807) is 24.0 Å². The highest BCUT2D eigenvalue weighted by Gasteiger charge is 2.31. The number of amides is 1. The molecule has 1 atom stereocenters. The summed E-state index contributed by atoms with van der Waals surface area (Å²) in [6.45, 7) is 6.27. The second kappa shape index (κ2) is 8.38. The average molecular weight is 412 g/mol. The van der Waals surface area contributed by atoms with Gasteiger partial charge in [-0.05, 0) is 43.9 Å². The Morgan fingerprint density at radius 3 is 2.50 bits per heavy atom. The van der Waals surface area contributed by atoms with Gasteiger partial charge in [0.1, 0.15) is 5.82 Å². The number of carbonyl (C=O) groups is 2. The Balaban J connectivity index is 1.54. The van der Waals surface area contributed by atoms with Gasteiger partial charge in [0.2, 0.25) is 5.95 Å². The molecule has 0 radical (unpaired) electrons. The van der Waals surface area contributed by atoms with E-state index in [1.165, 1.54) is 12.1 Å². The second-order valence-electron chi connectivity index (χ2n) is 7.68. The van der Waals surface area contributed by atoms with Crippen molar-refractivity contribution in [1.29, 1.82) is 0 Å². The van der Waals surface area contributed by atoms with Gasteiger partial charge in [-0.1, -0.05) is 12.1 Å². The molecule has 0 spiro atoms. The summed E-state index contributed by atoms with van der Waals surface area (Å²) < 4.78 is 18.3. The van der Waals surface area contributed by atoms with E-state index in [4.69, 9.17) is 9.72 Å². The predicted molar refractivity (Wildman–Crippen MR) is 109 cm³/mol. The molecule has 0 saturated carbocycles. The number of fused-ring (bicyclic) bond motifs is 1. The van der Waals surface area contributed by atoms with Crippen LogP contribution in [-0.2, 0) is 11.2 Å². The molecule has 1 aromatic carbocycles. The lowest BCUT2D eigenvalue weighted by Crippen LogP contribution is -2.49. The summed E-state index contributed by atoms with van der Waals surface area (Å²) in [5, 5.41) is 0. The van der Waals surface area contributed by atoms with Crippen LogP contribution in [0.15, 0.2) is 24.3 Å². The van der Waals surface area contributed by atoms with Crippen LogP contribution in [-0.4, -0.2) is 59.5 Å². The summed E-state index contributed by atoms with van der Waals surface area (Å²) in [5.41, 5.74) is 2.99. The van der Waals surface area contributed by atoms with Gasteiger partial charge in [-0.2, -0.15) is 0 Å². The highest BCUT2D eigenvalue weighted by atomic mass is 19.1. The summed E-state index contributed by atoms with van der Waals surface area (Å²) in [6.07, 6.45) is 0.694. The molecule has 0 N–H and O–H groups in total. The minimum Gasteiger partial charge on any atom is -0.450 e. The van der Waals surface area contributed by atoms with E-state index < -0.39 is 0 Å². The van der Waals surface area contributed by atoms with Gasteiger partial charge in [-0.15, -0.1) is 0 Å². The van der Waals surface area contributed by atoms with Gasteiger partial charge in [0.25, 0.3) is 0 Å². The molecule has 1 aliphatic heterocycles. The Bertz CT molecular complexity index is 956. The molecule has 158 valence electrons. The number of hydrogen-bond donors (Lipinski definition) is 0. The maximum atomic E-state index is 13.3. The number of ketones is 1. The number of aryl methyl sites for hydroxylation is 1. The highest BCUT2D eigenvalue weighted by Crippen LogP contribution is 2.34. The monoisotopic (exact) mass is 412 g/mol. The van der Waals surface area contributed by atoms with Gasteiger partial charge in [0.15, 0.2) is 5.78 Å². The van der Waals surface area contributed by atoms with Crippen LogP contribution in [0.25, 0.3) is 0 Å². The van der Waals surface area contributed by atoms with Gasteiger partial charge in [-0.3, -0.25) is 4.79 Å². The summed E-state index contributed by atoms with van der Waals surface area (Å²) in [4.78, 5) is 37.7. The van der Waals surface area contributed by atoms with Crippen LogP contribution in [0.5, 0.6) is 0 Å². The largest absolute Gasteiger partial charge is 0.450 e. The summed E-state index contributed by atoms with van der Waals surface area (Å²) >= 11 is 0. The van der Waals surface area contributed by atoms with Crippen LogP contribution in [0.1, 0.15) is 46.6 Å². The number of ether oxygens (including phenoxy) is 1. The van der Waals surface area contributed by atoms with Crippen molar-refractivity contribution in [2.24, 2.45) is 0 Å². The van der Waals surface area contributed by atoms with E-state index >= 15 is 0 Å². The number of hydrogen-bond acceptors (Lipinski definition) is 6. The Morgan fingerprint density at radius 2 is 1.83 bits per heavy atom. The minimum absolute atomic E-state index is 0.0200. The molecule has 0 unspecified atom stereocenters. The van der Waals surface area contributed by atoms with Gasteiger partial charge < -0.3 is 14.5 Å². The van der Waals surface area contributed by atoms with E-state index in [0.717, 1.165) is 11.3 Å². The number of benzene rings is 1. The number of halogens is 1. The van der Waals surface area contributed by atoms with E-state index in [2.05, 4.69) is 4.98 Å². The lowest BCUT2D eigenvalue weighted by molar-refractivity contribution is 0.0960. The molecule has 30 heavy (non-hydrogen) atoms. The molecular formula is C22H25FN4O3. The third-order valence-electron chi connectivity index (χ3n) is 5.73. The highest BCUT2D eigenvalue weighted by molar-refractivity contribution is 5.99. The van der Waals surface area contributed by atoms with Crippen LogP contribution in [0, 0.1) is 12.7 Å². The van der Waals surface area contributed by atoms with Gasteiger partial charge in [0, 0.05) is 32.6 Å².